The van der Waals surface area contributed by atoms with Crippen molar-refractivity contribution in [2.45, 2.75) is 52.5 Å². The molecule has 1 atom stereocenters. The fourth-order valence-corrected chi connectivity index (χ4v) is 1.73. The van der Waals surface area contributed by atoms with Gasteiger partial charge in [-0.3, -0.25) is 0 Å². The van der Waals surface area contributed by atoms with Crippen LogP contribution in [0.15, 0.2) is 18.2 Å². The van der Waals surface area contributed by atoms with Gasteiger partial charge in [0.15, 0.2) is 0 Å². The van der Waals surface area contributed by atoms with Gasteiger partial charge >= 0.3 is 0 Å². The molecule has 96 valence electrons. The molecule has 0 saturated heterocycles. The fourth-order valence-electron chi connectivity index (χ4n) is 1.73. The number of aryl methyl sites for hydroxylation is 1. The molecule has 2 heteroatoms. The van der Waals surface area contributed by atoms with Gasteiger partial charge < -0.3 is 10.5 Å². The van der Waals surface area contributed by atoms with Gasteiger partial charge in [-0.1, -0.05) is 39.8 Å². The summed E-state index contributed by atoms with van der Waals surface area (Å²) in [5, 5.41) is 0. The molecule has 1 unspecified atom stereocenters. The second-order valence-electron chi connectivity index (χ2n) is 5.72. The maximum absolute atomic E-state index is 5.80. The second kappa shape index (κ2) is 5.54. The molecule has 0 radical (unpaired) electrons. The van der Waals surface area contributed by atoms with Crippen LogP contribution in [0, 0.1) is 0 Å². The van der Waals surface area contributed by atoms with E-state index in [1.807, 2.05) is 6.92 Å². The van der Waals surface area contributed by atoms with Crippen LogP contribution in [0.25, 0.3) is 0 Å². The van der Waals surface area contributed by atoms with E-state index >= 15 is 0 Å². The molecule has 1 aromatic carbocycles. The zero-order valence-corrected chi connectivity index (χ0v) is 11.7. The first kappa shape index (κ1) is 14.0. The molecule has 17 heavy (non-hydrogen) atoms. The van der Waals surface area contributed by atoms with E-state index in [-0.39, 0.29) is 11.5 Å². The van der Waals surface area contributed by atoms with Crippen LogP contribution in [-0.4, -0.2) is 12.6 Å². The monoisotopic (exact) mass is 235 g/mol. The number of ether oxygens (including phenoxy) is 1. The van der Waals surface area contributed by atoms with E-state index in [0.717, 1.165) is 12.2 Å². The number of nitrogens with two attached hydrogens (primary N) is 1. The lowest BCUT2D eigenvalue weighted by molar-refractivity contribution is 0.288. The molecule has 2 nitrogen and oxygen atoms in total. The minimum atomic E-state index is 0.0636. The molecule has 0 fully saturated rings. The first-order valence-electron chi connectivity index (χ1n) is 6.36. The average Bonchev–Trinajstić information content (AvgIpc) is 2.24. The van der Waals surface area contributed by atoms with Crippen LogP contribution in [0.5, 0.6) is 5.75 Å². The Balaban J connectivity index is 3.03. The zero-order valence-electron chi connectivity index (χ0n) is 11.7. The van der Waals surface area contributed by atoms with E-state index in [2.05, 4.69) is 45.9 Å². The summed E-state index contributed by atoms with van der Waals surface area (Å²) in [5.41, 5.74) is 8.44. The lowest BCUT2D eigenvalue weighted by Crippen LogP contribution is -2.25. The minimum Gasteiger partial charge on any atom is -0.492 e. The first-order chi connectivity index (χ1) is 7.84. The van der Waals surface area contributed by atoms with E-state index in [9.17, 15) is 0 Å². The summed E-state index contributed by atoms with van der Waals surface area (Å²) in [7, 11) is 0. The van der Waals surface area contributed by atoms with Crippen molar-refractivity contribution in [1.29, 1.82) is 0 Å². The van der Waals surface area contributed by atoms with E-state index < -0.39 is 0 Å². The number of rotatable bonds is 4. The van der Waals surface area contributed by atoms with Gasteiger partial charge in [0.2, 0.25) is 0 Å². The molecule has 2 N–H and O–H groups in total. The van der Waals surface area contributed by atoms with Crippen molar-refractivity contribution in [2.75, 3.05) is 6.61 Å². The SMILES string of the molecule is CCc1ccc(OCC(C)N)c(C(C)(C)C)c1. The normalized spacial score (nSPS) is 13.5. The van der Waals surface area contributed by atoms with Crippen LogP contribution in [0.2, 0.25) is 0 Å². The molecule has 0 bridgehead atoms. The summed E-state index contributed by atoms with van der Waals surface area (Å²) < 4.78 is 5.80. The molecule has 1 aromatic rings. The first-order valence-corrected chi connectivity index (χ1v) is 6.36. The van der Waals surface area contributed by atoms with Crippen molar-refractivity contribution >= 4 is 0 Å². The third-order valence-corrected chi connectivity index (χ3v) is 2.76. The predicted molar refractivity (Wildman–Crippen MR) is 73.7 cm³/mol. The molecule has 0 aromatic heterocycles. The van der Waals surface area contributed by atoms with Gasteiger partial charge in [-0.15, -0.1) is 0 Å². The van der Waals surface area contributed by atoms with Crippen molar-refractivity contribution < 1.29 is 4.74 Å². The van der Waals surface area contributed by atoms with Crippen LogP contribution in [0.3, 0.4) is 0 Å². The molecule has 0 aliphatic heterocycles. The average molecular weight is 235 g/mol. The Morgan fingerprint density at radius 2 is 1.94 bits per heavy atom. The maximum atomic E-state index is 5.80. The van der Waals surface area contributed by atoms with Crippen LogP contribution in [-0.2, 0) is 11.8 Å². The Kier molecular flexibility index (Phi) is 4.58. The smallest absolute Gasteiger partial charge is 0.123 e. The van der Waals surface area contributed by atoms with Gasteiger partial charge in [0, 0.05) is 6.04 Å². The standard InChI is InChI=1S/C15H25NO/c1-6-12-7-8-14(17-10-11(2)16)13(9-12)15(3,4)5/h7-9,11H,6,10,16H2,1-5H3. The third-order valence-electron chi connectivity index (χ3n) is 2.76. The Morgan fingerprint density at radius 3 is 2.41 bits per heavy atom. The van der Waals surface area contributed by atoms with Crippen LogP contribution in [0.1, 0.15) is 45.7 Å². The van der Waals surface area contributed by atoms with Crippen molar-refractivity contribution in [2.24, 2.45) is 5.73 Å². The minimum absolute atomic E-state index is 0.0636. The summed E-state index contributed by atoms with van der Waals surface area (Å²) in [4.78, 5) is 0. The van der Waals surface area contributed by atoms with Crippen LogP contribution >= 0.6 is 0 Å². The molecule has 0 aliphatic carbocycles. The second-order valence-corrected chi connectivity index (χ2v) is 5.72. The molecule has 0 spiro atoms. The van der Waals surface area contributed by atoms with Crippen molar-refractivity contribution in [1.82, 2.24) is 0 Å². The molecule has 0 amide bonds. The predicted octanol–water partition coefficient (Wildman–Crippen LogP) is 3.27. The van der Waals surface area contributed by atoms with Gasteiger partial charge in [-0.25, -0.2) is 0 Å². The Hall–Kier alpha value is -1.02. The molecule has 0 heterocycles. The Bertz CT molecular complexity index is 364. The molecule has 0 saturated carbocycles. The summed E-state index contributed by atoms with van der Waals surface area (Å²) in [6.07, 6.45) is 1.05. The van der Waals surface area contributed by atoms with Gasteiger partial charge in [-0.05, 0) is 36.0 Å². The topological polar surface area (TPSA) is 35.2 Å². The zero-order chi connectivity index (χ0) is 13.1. The summed E-state index contributed by atoms with van der Waals surface area (Å²) >= 11 is 0. The Morgan fingerprint density at radius 1 is 1.29 bits per heavy atom. The van der Waals surface area contributed by atoms with E-state index in [1.165, 1.54) is 11.1 Å². The van der Waals surface area contributed by atoms with E-state index in [0.29, 0.717) is 6.61 Å². The molecule has 0 aliphatic rings. The number of hydrogen-bond acceptors (Lipinski definition) is 2. The summed E-state index contributed by atoms with van der Waals surface area (Å²) in [6, 6.07) is 6.51. The number of benzene rings is 1. The fraction of sp³-hybridized carbons (Fsp3) is 0.600. The van der Waals surface area contributed by atoms with E-state index in [4.69, 9.17) is 10.5 Å². The highest BCUT2D eigenvalue weighted by Gasteiger charge is 2.19. The van der Waals surface area contributed by atoms with Crippen molar-refractivity contribution in [3.05, 3.63) is 29.3 Å². The highest BCUT2D eigenvalue weighted by atomic mass is 16.5. The van der Waals surface area contributed by atoms with E-state index in [1.54, 1.807) is 0 Å². The third kappa shape index (κ3) is 4.04. The molecular formula is C15H25NO. The van der Waals surface area contributed by atoms with Crippen LogP contribution in [0.4, 0.5) is 0 Å². The lowest BCUT2D eigenvalue weighted by atomic mass is 9.85. The van der Waals surface area contributed by atoms with Crippen molar-refractivity contribution in [3.63, 3.8) is 0 Å². The highest BCUT2D eigenvalue weighted by Crippen LogP contribution is 2.32. The van der Waals surface area contributed by atoms with Gasteiger partial charge in [0.05, 0.1) is 0 Å². The van der Waals surface area contributed by atoms with Gasteiger partial charge in [0.25, 0.3) is 0 Å². The maximum Gasteiger partial charge on any atom is 0.123 e. The lowest BCUT2D eigenvalue weighted by Gasteiger charge is -2.24. The largest absolute Gasteiger partial charge is 0.492 e. The Labute approximate surface area is 105 Å². The van der Waals surface area contributed by atoms with Gasteiger partial charge in [-0.2, -0.15) is 0 Å². The molecular weight excluding hydrogens is 210 g/mol. The quantitative estimate of drug-likeness (QED) is 0.869. The highest BCUT2D eigenvalue weighted by molar-refractivity contribution is 5.41. The van der Waals surface area contributed by atoms with Crippen LogP contribution < -0.4 is 10.5 Å². The molecule has 1 rings (SSSR count). The van der Waals surface area contributed by atoms with Crippen molar-refractivity contribution in [3.8, 4) is 5.75 Å². The summed E-state index contributed by atoms with van der Waals surface area (Å²) in [5.74, 6) is 0.965. The van der Waals surface area contributed by atoms with Gasteiger partial charge in [0.1, 0.15) is 12.4 Å². The summed E-state index contributed by atoms with van der Waals surface area (Å²) in [6.45, 7) is 11.3. The number of hydrogen-bond donors (Lipinski definition) is 1.